The van der Waals surface area contributed by atoms with E-state index in [2.05, 4.69) is 14.9 Å². The van der Waals surface area contributed by atoms with Crippen molar-refractivity contribution in [3.8, 4) is 0 Å². The lowest BCUT2D eigenvalue weighted by atomic mass is 10.2. The van der Waals surface area contributed by atoms with E-state index in [0.29, 0.717) is 28.0 Å². The summed E-state index contributed by atoms with van der Waals surface area (Å²) in [6.45, 7) is 3.66. The van der Waals surface area contributed by atoms with Gasteiger partial charge in [0, 0.05) is 13.2 Å². The Balaban J connectivity index is 1.87. The van der Waals surface area contributed by atoms with Gasteiger partial charge in [-0.3, -0.25) is 14.1 Å². The molecule has 0 aliphatic rings. The first-order valence-corrected chi connectivity index (χ1v) is 10.4. The van der Waals surface area contributed by atoms with Crippen molar-refractivity contribution in [2.24, 2.45) is 7.05 Å². The van der Waals surface area contributed by atoms with E-state index in [-0.39, 0.29) is 15.7 Å². The van der Waals surface area contributed by atoms with Crippen LogP contribution in [0.1, 0.15) is 17.0 Å². The van der Waals surface area contributed by atoms with E-state index in [1.165, 1.54) is 15.6 Å². The van der Waals surface area contributed by atoms with Crippen LogP contribution in [0.15, 0.2) is 29.3 Å². The number of halogens is 3. The molecule has 144 valence electrons. The molecule has 0 unspecified atom stereocenters. The molecule has 0 spiro atoms. The Bertz CT molecular complexity index is 1120. The fraction of sp³-hybridized carbons (Fsp3) is 0.250. The number of rotatable bonds is 5. The van der Waals surface area contributed by atoms with Crippen LogP contribution >= 0.6 is 34.8 Å². The van der Waals surface area contributed by atoms with Crippen molar-refractivity contribution in [3.05, 3.63) is 56.4 Å². The highest BCUT2D eigenvalue weighted by molar-refractivity contribution is 7.92. The summed E-state index contributed by atoms with van der Waals surface area (Å²) in [5.74, 6) is 0.0411. The molecule has 1 N–H and O–H groups in total. The van der Waals surface area contributed by atoms with Gasteiger partial charge in [-0.2, -0.15) is 10.2 Å². The Kier molecular flexibility index (Phi) is 5.45. The molecule has 2 aromatic heterocycles. The summed E-state index contributed by atoms with van der Waals surface area (Å²) < 4.78 is 31.0. The fourth-order valence-corrected chi connectivity index (χ4v) is 4.73. The summed E-state index contributed by atoms with van der Waals surface area (Å²) in [5, 5.41) is 9.42. The van der Waals surface area contributed by atoms with E-state index in [0.717, 1.165) is 5.56 Å². The molecule has 0 fully saturated rings. The quantitative estimate of drug-likeness (QED) is 0.638. The summed E-state index contributed by atoms with van der Waals surface area (Å²) >= 11 is 18.1. The van der Waals surface area contributed by atoms with Crippen LogP contribution in [0.5, 0.6) is 0 Å². The number of anilines is 1. The summed E-state index contributed by atoms with van der Waals surface area (Å²) in [7, 11) is -2.20. The van der Waals surface area contributed by atoms with Gasteiger partial charge in [0.25, 0.3) is 10.0 Å². The van der Waals surface area contributed by atoms with Crippen LogP contribution in [-0.4, -0.2) is 28.0 Å². The molecule has 0 radical (unpaired) electrons. The third-order valence-electron chi connectivity index (χ3n) is 3.99. The molecular formula is C16H16Cl3N5O2S. The fourth-order valence-electron chi connectivity index (χ4n) is 2.69. The highest BCUT2D eigenvalue weighted by atomic mass is 35.5. The molecule has 0 saturated heterocycles. The van der Waals surface area contributed by atoms with E-state index in [1.54, 1.807) is 39.1 Å². The number of aryl methyl sites for hydroxylation is 2. The van der Waals surface area contributed by atoms with Gasteiger partial charge in [0.2, 0.25) is 0 Å². The van der Waals surface area contributed by atoms with Gasteiger partial charge in [-0.1, -0.05) is 40.9 Å². The Morgan fingerprint density at radius 3 is 2.37 bits per heavy atom. The Hall–Kier alpha value is -1.74. The van der Waals surface area contributed by atoms with Gasteiger partial charge < -0.3 is 0 Å². The normalized spacial score (nSPS) is 11.8. The van der Waals surface area contributed by atoms with E-state index < -0.39 is 10.0 Å². The van der Waals surface area contributed by atoms with Gasteiger partial charge in [-0.25, -0.2) is 8.42 Å². The van der Waals surface area contributed by atoms with E-state index in [4.69, 9.17) is 34.8 Å². The summed E-state index contributed by atoms with van der Waals surface area (Å²) in [6, 6.07) is 5.20. The second-order valence-electron chi connectivity index (χ2n) is 6.00. The number of benzene rings is 1. The number of hydrogen-bond acceptors (Lipinski definition) is 4. The van der Waals surface area contributed by atoms with Gasteiger partial charge in [0.15, 0.2) is 5.82 Å². The van der Waals surface area contributed by atoms with Crippen LogP contribution in [0.3, 0.4) is 0 Å². The Labute approximate surface area is 171 Å². The predicted octanol–water partition coefficient (Wildman–Crippen LogP) is 4.04. The molecule has 11 heteroatoms. The van der Waals surface area contributed by atoms with E-state index in [1.807, 2.05) is 0 Å². The van der Waals surface area contributed by atoms with Crippen LogP contribution in [0.2, 0.25) is 15.1 Å². The minimum atomic E-state index is -3.88. The predicted molar refractivity (Wildman–Crippen MR) is 106 cm³/mol. The molecular weight excluding hydrogens is 433 g/mol. The van der Waals surface area contributed by atoms with Gasteiger partial charge in [-0.05, 0) is 31.5 Å². The van der Waals surface area contributed by atoms with Crippen molar-refractivity contribution in [3.63, 3.8) is 0 Å². The minimum Gasteiger partial charge on any atom is -0.271 e. The molecule has 0 bridgehead atoms. The van der Waals surface area contributed by atoms with E-state index >= 15 is 0 Å². The third-order valence-corrected chi connectivity index (χ3v) is 6.59. The Morgan fingerprint density at radius 1 is 1.07 bits per heavy atom. The largest absolute Gasteiger partial charge is 0.271 e. The van der Waals surface area contributed by atoms with Gasteiger partial charge >= 0.3 is 0 Å². The molecule has 1 aromatic carbocycles. The van der Waals surface area contributed by atoms with E-state index in [9.17, 15) is 8.42 Å². The first kappa shape index (κ1) is 20.0. The smallest absolute Gasteiger partial charge is 0.266 e. The summed E-state index contributed by atoms with van der Waals surface area (Å²) in [5.41, 5.74) is 1.76. The average molecular weight is 449 g/mol. The van der Waals surface area contributed by atoms with Crippen molar-refractivity contribution in [1.29, 1.82) is 0 Å². The van der Waals surface area contributed by atoms with Crippen molar-refractivity contribution >= 4 is 50.6 Å². The van der Waals surface area contributed by atoms with Crippen molar-refractivity contribution in [2.45, 2.75) is 25.3 Å². The Morgan fingerprint density at radius 2 is 1.78 bits per heavy atom. The van der Waals surface area contributed by atoms with Crippen LogP contribution in [-0.2, 0) is 23.6 Å². The standard InChI is InChI=1S/C16H16Cl3N5O2S/c1-9-15(10(2)23(3)20-9)27(25,26)22-16-14(19)8-24(21-16)7-11-4-5-12(17)13(18)6-11/h4-6,8H,7H2,1-3H3,(H,21,22). The first-order valence-electron chi connectivity index (χ1n) is 7.78. The highest BCUT2D eigenvalue weighted by Crippen LogP contribution is 2.27. The number of sulfonamides is 1. The van der Waals surface area contributed by atoms with Gasteiger partial charge in [0.05, 0.1) is 28.0 Å². The zero-order chi connectivity index (χ0) is 19.9. The molecule has 3 aromatic rings. The summed E-state index contributed by atoms with van der Waals surface area (Å²) in [4.78, 5) is 0.111. The maximum Gasteiger partial charge on any atom is 0.266 e. The second-order valence-corrected chi connectivity index (χ2v) is 8.84. The number of nitrogens with one attached hydrogen (secondary N) is 1. The highest BCUT2D eigenvalue weighted by Gasteiger charge is 2.25. The maximum absolute atomic E-state index is 12.8. The van der Waals surface area contributed by atoms with Crippen molar-refractivity contribution in [1.82, 2.24) is 19.6 Å². The molecule has 0 saturated carbocycles. The molecule has 0 atom stereocenters. The SMILES string of the molecule is Cc1nn(C)c(C)c1S(=O)(=O)Nc1nn(Cc2ccc(Cl)c(Cl)c2)cc1Cl. The molecule has 0 amide bonds. The molecule has 7 nitrogen and oxygen atoms in total. The second kappa shape index (κ2) is 7.35. The van der Waals surface area contributed by atoms with Gasteiger partial charge in [-0.15, -0.1) is 0 Å². The van der Waals surface area contributed by atoms with Crippen molar-refractivity contribution in [2.75, 3.05) is 4.72 Å². The zero-order valence-corrected chi connectivity index (χ0v) is 17.7. The monoisotopic (exact) mass is 447 g/mol. The summed E-state index contributed by atoms with van der Waals surface area (Å²) in [6.07, 6.45) is 1.53. The minimum absolute atomic E-state index is 0.0411. The molecule has 0 aliphatic heterocycles. The first-order chi connectivity index (χ1) is 12.6. The molecule has 27 heavy (non-hydrogen) atoms. The molecule has 0 aliphatic carbocycles. The average Bonchev–Trinajstić information content (AvgIpc) is 3.02. The third kappa shape index (κ3) is 4.08. The lowest BCUT2D eigenvalue weighted by Crippen LogP contribution is -2.16. The zero-order valence-electron chi connectivity index (χ0n) is 14.7. The lowest BCUT2D eigenvalue weighted by molar-refractivity contribution is 0.599. The molecule has 3 rings (SSSR count). The van der Waals surface area contributed by atoms with Crippen LogP contribution < -0.4 is 4.72 Å². The van der Waals surface area contributed by atoms with Gasteiger partial charge in [0.1, 0.15) is 9.92 Å². The maximum atomic E-state index is 12.8. The van der Waals surface area contributed by atoms with Crippen LogP contribution in [0.25, 0.3) is 0 Å². The number of nitrogens with zero attached hydrogens (tertiary/aromatic N) is 4. The lowest BCUT2D eigenvalue weighted by Gasteiger charge is -2.07. The number of hydrogen-bond donors (Lipinski definition) is 1. The molecule has 2 heterocycles. The topological polar surface area (TPSA) is 81.8 Å². The van der Waals surface area contributed by atoms with Crippen LogP contribution in [0, 0.1) is 13.8 Å². The van der Waals surface area contributed by atoms with Crippen LogP contribution in [0.4, 0.5) is 5.82 Å². The van der Waals surface area contributed by atoms with Crippen molar-refractivity contribution < 1.29 is 8.42 Å². The number of aromatic nitrogens is 4.